The summed E-state index contributed by atoms with van der Waals surface area (Å²) in [6.07, 6.45) is 25.0. The van der Waals surface area contributed by atoms with E-state index >= 15 is 0 Å². The molecule has 1 nitrogen and oxygen atoms in total. The molecule has 0 aromatic carbocycles. The predicted molar refractivity (Wildman–Crippen MR) is 103 cm³/mol. The van der Waals surface area contributed by atoms with E-state index < -0.39 is 0 Å². The Labute approximate surface area is 141 Å². The van der Waals surface area contributed by atoms with E-state index in [0.29, 0.717) is 5.57 Å². The zero-order valence-corrected chi connectivity index (χ0v) is 14.9. The average molecular weight is 308 g/mol. The number of rotatable bonds is 8. The van der Waals surface area contributed by atoms with Crippen LogP contribution in [0.5, 0.6) is 0 Å². The van der Waals surface area contributed by atoms with Gasteiger partial charge in [0.05, 0.1) is 0 Å². The van der Waals surface area contributed by atoms with Crippen molar-refractivity contribution in [3.05, 3.63) is 95.2 Å². The minimum Gasteiger partial charge on any atom is -0.298 e. The molecular formula is C22H28O. The van der Waals surface area contributed by atoms with Crippen molar-refractivity contribution < 1.29 is 4.79 Å². The Morgan fingerprint density at radius 1 is 0.565 bits per heavy atom. The number of hydrogen-bond acceptors (Lipinski definition) is 1. The van der Waals surface area contributed by atoms with Crippen molar-refractivity contribution in [3.8, 4) is 0 Å². The van der Waals surface area contributed by atoms with Gasteiger partial charge in [-0.1, -0.05) is 89.6 Å². The molecule has 0 aliphatic rings. The fourth-order valence-electron chi connectivity index (χ4n) is 1.59. The van der Waals surface area contributed by atoms with Gasteiger partial charge in [-0.25, -0.2) is 0 Å². The first-order valence-corrected chi connectivity index (χ1v) is 7.79. The summed E-state index contributed by atoms with van der Waals surface area (Å²) in [6.45, 7) is 9.98. The Morgan fingerprint density at radius 3 is 1.39 bits per heavy atom. The molecule has 0 aliphatic heterocycles. The van der Waals surface area contributed by atoms with Crippen LogP contribution in [0, 0.1) is 0 Å². The highest BCUT2D eigenvalue weighted by molar-refractivity contribution is 5.72. The van der Waals surface area contributed by atoms with Crippen LogP contribution in [0.4, 0.5) is 0 Å². The van der Waals surface area contributed by atoms with E-state index in [4.69, 9.17) is 0 Å². The minimum absolute atomic E-state index is 0.716. The predicted octanol–water partition coefficient (Wildman–Crippen LogP) is 6.22. The van der Waals surface area contributed by atoms with Gasteiger partial charge in [-0.05, 0) is 40.2 Å². The van der Waals surface area contributed by atoms with E-state index in [-0.39, 0.29) is 0 Å². The first-order valence-electron chi connectivity index (χ1n) is 7.79. The van der Waals surface area contributed by atoms with Crippen molar-refractivity contribution in [1.29, 1.82) is 0 Å². The molecule has 0 bridgehead atoms. The monoisotopic (exact) mass is 308 g/mol. The van der Waals surface area contributed by atoms with Crippen molar-refractivity contribution in [3.63, 3.8) is 0 Å². The lowest BCUT2D eigenvalue weighted by Crippen LogP contribution is -1.73. The topological polar surface area (TPSA) is 17.1 Å². The van der Waals surface area contributed by atoms with Crippen LogP contribution in [0.15, 0.2) is 95.2 Å². The van der Waals surface area contributed by atoms with Gasteiger partial charge in [0.15, 0.2) is 0 Å². The molecule has 122 valence electrons. The maximum atomic E-state index is 10.5. The van der Waals surface area contributed by atoms with Gasteiger partial charge in [-0.2, -0.15) is 0 Å². The van der Waals surface area contributed by atoms with E-state index in [2.05, 4.69) is 44.2 Å². The molecule has 0 fully saturated rings. The van der Waals surface area contributed by atoms with Crippen molar-refractivity contribution in [2.24, 2.45) is 0 Å². The molecule has 0 amide bonds. The molecule has 0 rings (SSSR count). The highest BCUT2D eigenvalue weighted by atomic mass is 16.1. The van der Waals surface area contributed by atoms with E-state index in [0.717, 1.165) is 11.9 Å². The van der Waals surface area contributed by atoms with E-state index in [1.165, 1.54) is 11.1 Å². The van der Waals surface area contributed by atoms with Crippen LogP contribution in [0.25, 0.3) is 0 Å². The van der Waals surface area contributed by atoms with Gasteiger partial charge in [0.2, 0.25) is 0 Å². The van der Waals surface area contributed by atoms with Gasteiger partial charge in [-0.3, -0.25) is 4.79 Å². The van der Waals surface area contributed by atoms with Crippen LogP contribution in [0.3, 0.4) is 0 Å². The summed E-state index contributed by atoms with van der Waals surface area (Å²) >= 11 is 0. The van der Waals surface area contributed by atoms with Crippen LogP contribution >= 0.6 is 0 Å². The van der Waals surface area contributed by atoms with Gasteiger partial charge in [0, 0.05) is 0 Å². The van der Waals surface area contributed by atoms with E-state index in [1.807, 2.05) is 50.3 Å². The van der Waals surface area contributed by atoms with Crippen molar-refractivity contribution in [2.45, 2.75) is 34.6 Å². The molecule has 0 aromatic rings. The molecule has 0 atom stereocenters. The zero-order chi connectivity index (χ0) is 17.5. The van der Waals surface area contributed by atoms with E-state index in [9.17, 15) is 4.79 Å². The molecule has 0 heterocycles. The Hall–Kier alpha value is -2.41. The van der Waals surface area contributed by atoms with Gasteiger partial charge >= 0.3 is 0 Å². The van der Waals surface area contributed by atoms with Crippen LogP contribution in [-0.4, -0.2) is 6.29 Å². The SMILES string of the molecule is C/C=C/C(C)=C/C=C/C(C)=C/C=C/C=C(C)/C=C/C=C(\C)C=O. The molecule has 0 aliphatic carbocycles. The first-order chi connectivity index (χ1) is 11.0. The Bertz CT molecular complexity index is 600. The minimum atomic E-state index is 0.716. The summed E-state index contributed by atoms with van der Waals surface area (Å²) in [5.74, 6) is 0. The van der Waals surface area contributed by atoms with Gasteiger partial charge < -0.3 is 0 Å². The molecule has 1 heteroatoms. The second kappa shape index (κ2) is 13.3. The second-order valence-corrected chi connectivity index (χ2v) is 5.36. The van der Waals surface area contributed by atoms with Gasteiger partial charge in [0.1, 0.15) is 6.29 Å². The highest BCUT2D eigenvalue weighted by Crippen LogP contribution is 2.01. The molecule has 23 heavy (non-hydrogen) atoms. The van der Waals surface area contributed by atoms with Crippen molar-refractivity contribution in [2.75, 3.05) is 0 Å². The molecule has 0 unspecified atom stereocenters. The number of aldehydes is 1. The average Bonchev–Trinajstić information content (AvgIpc) is 2.51. The molecule has 0 saturated carbocycles. The molecule has 0 spiro atoms. The first kappa shape index (κ1) is 20.6. The van der Waals surface area contributed by atoms with Crippen molar-refractivity contribution in [1.82, 2.24) is 0 Å². The lowest BCUT2D eigenvalue weighted by atomic mass is 10.2. The summed E-state index contributed by atoms with van der Waals surface area (Å²) in [5, 5.41) is 0. The van der Waals surface area contributed by atoms with Crippen LogP contribution in [-0.2, 0) is 4.79 Å². The normalized spacial score (nSPS) is 15.7. The second-order valence-electron chi connectivity index (χ2n) is 5.36. The summed E-state index contributed by atoms with van der Waals surface area (Å²) in [7, 11) is 0. The fourth-order valence-corrected chi connectivity index (χ4v) is 1.59. The molecule has 0 N–H and O–H groups in total. The standard InChI is InChI=1S/C22H28O/c1-6-11-19(2)14-9-15-20(3)12-7-8-13-21(4)16-10-17-22(5)18-23/h6-18H,1-5H3/b8-7+,11-6+,15-9+,16-10+,19-14+,20-12+,21-13+,22-17+. The van der Waals surface area contributed by atoms with Crippen molar-refractivity contribution >= 4 is 6.29 Å². The maximum Gasteiger partial charge on any atom is 0.145 e. The quantitative estimate of drug-likeness (QED) is 0.296. The zero-order valence-electron chi connectivity index (χ0n) is 14.9. The van der Waals surface area contributed by atoms with E-state index in [1.54, 1.807) is 13.0 Å². The Balaban J connectivity index is 4.55. The summed E-state index contributed by atoms with van der Waals surface area (Å²) in [5.41, 5.74) is 4.27. The van der Waals surface area contributed by atoms with Gasteiger partial charge in [0.25, 0.3) is 0 Å². The number of carbonyl (C=O) groups excluding carboxylic acids is 1. The third-order valence-corrected chi connectivity index (χ3v) is 2.88. The molecule has 0 saturated heterocycles. The smallest absolute Gasteiger partial charge is 0.145 e. The Kier molecular flexibility index (Phi) is 11.9. The summed E-state index contributed by atoms with van der Waals surface area (Å²) in [6, 6.07) is 0. The molecule has 0 radical (unpaired) electrons. The van der Waals surface area contributed by atoms with Crippen LogP contribution < -0.4 is 0 Å². The Morgan fingerprint density at radius 2 is 0.957 bits per heavy atom. The largest absolute Gasteiger partial charge is 0.298 e. The lowest BCUT2D eigenvalue weighted by Gasteiger charge is -1.89. The van der Waals surface area contributed by atoms with Crippen LogP contribution in [0.1, 0.15) is 34.6 Å². The van der Waals surface area contributed by atoms with Gasteiger partial charge in [-0.15, -0.1) is 0 Å². The number of allylic oxidation sites excluding steroid dienone is 16. The number of hydrogen-bond donors (Lipinski definition) is 0. The summed E-state index contributed by atoms with van der Waals surface area (Å²) in [4.78, 5) is 10.5. The highest BCUT2D eigenvalue weighted by Gasteiger charge is 1.81. The summed E-state index contributed by atoms with van der Waals surface area (Å²) < 4.78 is 0. The third-order valence-electron chi connectivity index (χ3n) is 2.88. The molecular weight excluding hydrogens is 280 g/mol. The number of carbonyl (C=O) groups is 1. The molecule has 0 aromatic heterocycles. The van der Waals surface area contributed by atoms with Crippen LogP contribution in [0.2, 0.25) is 0 Å². The third kappa shape index (κ3) is 13.0. The lowest BCUT2D eigenvalue weighted by molar-refractivity contribution is -0.104. The fraction of sp³-hybridized carbons (Fsp3) is 0.227. The maximum absolute atomic E-state index is 10.5.